The van der Waals surface area contributed by atoms with Gasteiger partial charge in [-0.2, -0.15) is 0 Å². The molecule has 0 bridgehead atoms. The van der Waals surface area contributed by atoms with Crippen LogP contribution in [0.2, 0.25) is 5.02 Å². The Hall–Kier alpha value is -3.36. The van der Waals surface area contributed by atoms with Crippen molar-refractivity contribution in [1.82, 2.24) is 10.2 Å². The van der Waals surface area contributed by atoms with E-state index < -0.39 is 16.1 Å². The van der Waals surface area contributed by atoms with Crippen LogP contribution in [-0.4, -0.2) is 51.0 Å². The summed E-state index contributed by atoms with van der Waals surface area (Å²) in [4.78, 5) is 28.4. The first-order chi connectivity index (χ1) is 18.5. The van der Waals surface area contributed by atoms with Crippen molar-refractivity contribution in [3.63, 3.8) is 0 Å². The molecule has 0 aliphatic rings. The highest BCUT2D eigenvalue weighted by molar-refractivity contribution is 7.92. The zero-order chi connectivity index (χ0) is 28.6. The van der Waals surface area contributed by atoms with Crippen molar-refractivity contribution in [3.05, 3.63) is 100 Å². The topological polar surface area (TPSA) is 86.8 Å². The number of amides is 2. The molecule has 1 atom stereocenters. The Morgan fingerprint density at radius 2 is 1.62 bits per heavy atom. The smallest absolute Gasteiger partial charge is 0.242 e. The van der Waals surface area contributed by atoms with E-state index in [-0.39, 0.29) is 37.7 Å². The fraction of sp³-hybridized carbons (Fsp3) is 0.333. The third-order valence-electron chi connectivity index (χ3n) is 6.58. The highest BCUT2D eigenvalue weighted by Gasteiger charge is 2.30. The Balaban J connectivity index is 1.86. The number of hydrogen-bond acceptors (Lipinski definition) is 4. The lowest BCUT2D eigenvalue weighted by molar-refractivity contribution is -0.141. The van der Waals surface area contributed by atoms with Gasteiger partial charge in [0.25, 0.3) is 0 Å². The maximum atomic E-state index is 13.7. The number of benzene rings is 3. The van der Waals surface area contributed by atoms with Crippen molar-refractivity contribution < 1.29 is 18.0 Å². The van der Waals surface area contributed by atoms with Crippen molar-refractivity contribution >= 4 is 39.1 Å². The van der Waals surface area contributed by atoms with Gasteiger partial charge in [-0.3, -0.25) is 13.9 Å². The maximum Gasteiger partial charge on any atom is 0.242 e. The van der Waals surface area contributed by atoms with Crippen molar-refractivity contribution in [2.45, 2.75) is 45.7 Å². The highest BCUT2D eigenvalue weighted by Crippen LogP contribution is 2.27. The SMILES string of the molecule is CNC(=O)[C@H](Cc1ccccc1)N(Cc1ccc(C)cc1)C(=O)CCCN(c1cc(Cl)ccc1C)S(C)(=O)=O. The van der Waals surface area contributed by atoms with Crippen LogP contribution in [0.3, 0.4) is 0 Å². The van der Waals surface area contributed by atoms with E-state index in [1.54, 1.807) is 30.1 Å². The molecule has 3 aromatic carbocycles. The second kappa shape index (κ2) is 13.6. The average Bonchev–Trinajstić information content (AvgIpc) is 2.90. The number of nitrogens with one attached hydrogen (secondary N) is 1. The summed E-state index contributed by atoms with van der Waals surface area (Å²) in [5.41, 5.74) is 4.19. The Bertz CT molecular complexity index is 1380. The standard InChI is InChI=1S/C30H36ClN3O4S/c1-22-12-15-25(16-13-22)21-33(28(30(36)32-3)19-24-9-6-5-7-10-24)29(35)11-8-18-34(39(4,37)38)27-20-26(31)17-14-23(27)2/h5-7,9-10,12-17,20,28H,8,11,18-19,21H2,1-4H3,(H,32,36)/t28-/m0/s1. The lowest BCUT2D eigenvalue weighted by Crippen LogP contribution is -2.49. The zero-order valence-electron chi connectivity index (χ0n) is 22.9. The Kier molecular flexibility index (Phi) is 10.5. The molecule has 0 heterocycles. The summed E-state index contributed by atoms with van der Waals surface area (Å²) in [6.07, 6.45) is 1.84. The second-order valence-electron chi connectivity index (χ2n) is 9.70. The van der Waals surface area contributed by atoms with Crippen molar-refractivity contribution in [3.8, 4) is 0 Å². The van der Waals surface area contributed by atoms with Crippen molar-refractivity contribution in [1.29, 1.82) is 0 Å². The molecule has 0 spiro atoms. The molecule has 9 heteroatoms. The third-order valence-corrected chi connectivity index (χ3v) is 8.00. The molecule has 0 aliphatic carbocycles. The highest BCUT2D eigenvalue weighted by atomic mass is 35.5. The summed E-state index contributed by atoms with van der Waals surface area (Å²) >= 11 is 6.15. The number of nitrogens with zero attached hydrogens (tertiary/aromatic N) is 2. The molecule has 0 unspecified atom stereocenters. The second-order valence-corrected chi connectivity index (χ2v) is 12.0. The molecule has 208 valence electrons. The van der Waals surface area contributed by atoms with Crippen LogP contribution in [0.4, 0.5) is 5.69 Å². The first-order valence-corrected chi connectivity index (χ1v) is 15.1. The lowest BCUT2D eigenvalue weighted by atomic mass is 10.0. The van der Waals surface area contributed by atoms with Gasteiger partial charge >= 0.3 is 0 Å². The first-order valence-electron chi connectivity index (χ1n) is 12.8. The summed E-state index contributed by atoms with van der Waals surface area (Å²) in [5.74, 6) is -0.483. The summed E-state index contributed by atoms with van der Waals surface area (Å²) in [5, 5.41) is 3.14. The minimum absolute atomic E-state index is 0.0692. The Labute approximate surface area is 236 Å². The lowest BCUT2D eigenvalue weighted by Gasteiger charge is -2.31. The Morgan fingerprint density at radius 1 is 0.949 bits per heavy atom. The summed E-state index contributed by atoms with van der Waals surface area (Å²) in [6.45, 7) is 4.17. The predicted octanol–water partition coefficient (Wildman–Crippen LogP) is 4.89. The molecule has 0 saturated carbocycles. The normalized spacial score (nSPS) is 12.0. The number of carbonyl (C=O) groups is 2. The fourth-order valence-electron chi connectivity index (χ4n) is 4.44. The quantitative estimate of drug-likeness (QED) is 0.336. The van der Waals surface area contributed by atoms with Crippen molar-refractivity contribution in [2.75, 3.05) is 24.2 Å². The van der Waals surface area contributed by atoms with Gasteiger partial charge in [0.2, 0.25) is 21.8 Å². The number of aryl methyl sites for hydroxylation is 2. The minimum Gasteiger partial charge on any atom is -0.357 e. The van der Waals surface area contributed by atoms with E-state index in [4.69, 9.17) is 11.6 Å². The van der Waals surface area contributed by atoms with E-state index in [2.05, 4.69) is 5.32 Å². The molecule has 3 aromatic rings. The Morgan fingerprint density at radius 3 is 2.23 bits per heavy atom. The van der Waals surface area contributed by atoms with Gasteiger partial charge in [-0.1, -0.05) is 77.8 Å². The number of sulfonamides is 1. The van der Waals surface area contributed by atoms with Crippen LogP contribution in [0.5, 0.6) is 0 Å². The number of likely N-dealkylation sites (N-methyl/N-ethyl adjacent to an activating group) is 1. The van der Waals surface area contributed by atoms with Crippen molar-refractivity contribution in [2.24, 2.45) is 0 Å². The summed E-state index contributed by atoms with van der Waals surface area (Å²) in [7, 11) is -2.06. The molecule has 0 radical (unpaired) electrons. The van der Waals surface area contributed by atoms with Crippen LogP contribution in [-0.2, 0) is 32.6 Å². The third kappa shape index (κ3) is 8.57. The molecule has 0 saturated heterocycles. The van der Waals surface area contributed by atoms with Gasteiger partial charge in [-0.05, 0) is 49.1 Å². The van der Waals surface area contributed by atoms with E-state index in [0.29, 0.717) is 17.1 Å². The van der Waals surface area contributed by atoms with Gasteiger partial charge in [0.1, 0.15) is 6.04 Å². The van der Waals surface area contributed by atoms with Crippen LogP contribution in [0, 0.1) is 13.8 Å². The van der Waals surface area contributed by atoms with E-state index >= 15 is 0 Å². The molecule has 0 aliphatic heterocycles. The monoisotopic (exact) mass is 569 g/mol. The number of halogens is 1. The molecule has 2 amide bonds. The van der Waals surface area contributed by atoms with Gasteiger partial charge in [0, 0.05) is 38.0 Å². The van der Waals surface area contributed by atoms with E-state index in [1.807, 2.05) is 68.4 Å². The van der Waals surface area contributed by atoms with Crippen LogP contribution in [0.25, 0.3) is 0 Å². The van der Waals surface area contributed by atoms with Gasteiger partial charge < -0.3 is 10.2 Å². The molecule has 3 rings (SSSR count). The molecular formula is C30H36ClN3O4S. The van der Waals surface area contributed by atoms with Crippen LogP contribution in [0.15, 0.2) is 72.8 Å². The molecule has 1 N–H and O–H groups in total. The van der Waals surface area contributed by atoms with Crippen LogP contribution < -0.4 is 9.62 Å². The van der Waals surface area contributed by atoms with Crippen LogP contribution in [0.1, 0.15) is 35.1 Å². The molecule has 0 fully saturated rings. The molecular weight excluding hydrogens is 534 g/mol. The number of hydrogen-bond donors (Lipinski definition) is 1. The average molecular weight is 570 g/mol. The van der Waals surface area contributed by atoms with E-state index in [0.717, 1.165) is 28.5 Å². The van der Waals surface area contributed by atoms with E-state index in [1.165, 1.54) is 4.31 Å². The molecule has 0 aromatic heterocycles. The van der Waals surface area contributed by atoms with Gasteiger partial charge in [0.15, 0.2) is 0 Å². The molecule has 39 heavy (non-hydrogen) atoms. The zero-order valence-corrected chi connectivity index (χ0v) is 24.4. The van der Waals surface area contributed by atoms with Gasteiger partial charge in [0.05, 0.1) is 11.9 Å². The fourth-order valence-corrected chi connectivity index (χ4v) is 5.63. The largest absolute Gasteiger partial charge is 0.357 e. The molecule has 7 nitrogen and oxygen atoms in total. The van der Waals surface area contributed by atoms with E-state index in [9.17, 15) is 18.0 Å². The predicted molar refractivity (Wildman–Crippen MR) is 157 cm³/mol. The number of anilines is 1. The van der Waals surface area contributed by atoms with Gasteiger partial charge in [-0.15, -0.1) is 0 Å². The summed E-state index contributed by atoms with van der Waals surface area (Å²) < 4.78 is 26.6. The maximum absolute atomic E-state index is 13.7. The van der Waals surface area contributed by atoms with Crippen LogP contribution >= 0.6 is 11.6 Å². The number of rotatable bonds is 12. The minimum atomic E-state index is -3.62. The summed E-state index contributed by atoms with van der Waals surface area (Å²) in [6, 6.07) is 21.8. The number of carbonyl (C=O) groups excluding carboxylic acids is 2. The first kappa shape index (κ1) is 30.2. The van der Waals surface area contributed by atoms with Gasteiger partial charge in [-0.25, -0.2) is 8.42 Å².